The molecule has 1 saturated carbocycles. The minimum Gasteiger partial charge on any atom is -0.314 e. The largest absolute Gasteiger partial charge is 0.314 e. The molecule has 2 fully saturated rings. The van der Waals surface area contributed by atoms with Gasteiger partial charge in [0.1, 0.15) is 11.4 Å². The Morgan fingerprint density at radius 2 is 1.96 bits per heavy atom. The minimum absolute atomic E-state index is 0.0115. The summed E-state index contributed by atoms with van der Waals surface area (Å²) < 4.78 is 52.1. The van der Waals surface area contributed by atoms with Crippen LogP contribution in [-0.4, -0.2) is 54.6 Å². The molecule has 1 N–H and O–H groups in total. The molecule has 0 atom stereocenters. The van der Waals surface area contributed by atoms with Crippen LogP contribution >= 0.6 is 0 Å². The van der Waals surface area contributed by atoms with Crippen LogP contribution in [0.15, 0.2) is 17.3 Å². The number of halogens is 2. The van der Waals surface area contributed by atoms with Gasteiger partial charge in [-0.2, -0.15) is 9.40 Å². The molecule has 1 aromatic rings. The number of alkyl halides is 2. The monoisotopic (exact) mass is 348 g/mol. The maximum Gasteiger partial charge on any atom is 0.257 e. The lowest BCUT2D eigenvalue weighted by molar-refractivity contribution is 0.121. The van der Waals surface area contributed by atoms with Crippen molar-refractivity contribution in [2.45, 2.75) is 49.6 Å². The summed E-state index contributed by atoms with van der Waals surface area (Å²) in [7, 11) is -3.64. The molecule has 2 aliphatic rings. The third-order valence-electron chi connectivity index (χ3n) is 4.42. The van der Waals surface area contributed by atoms with Gasteiger partial charge in [0.25, 0.3) is 6.43 Å². The van der Waals surface area contributed by atoms with Crippen LogP contribution in [0.3, 0.4) is 0 Å². The Hall–Kier alpha value is -1.06. The summed E-state index contributed by atoms with van der Waals surface area (Å²) in [5.74, 6) is 0.803. The van der Waals surface area contributed by atoms with Crippen LogP contribution in [0, 0.1) is 5.92 Å². The molecule has 0 radical (unpaired) electrons. The number of rotatable bonds is 7. The Morgan fingerprint density at radius 1 is 1.26 bits per heavy atom. The second-order valence-electron chi connectivity index (χ2n) is 6.32. The Kier molecular flexibility index (Phi) is 4.98. The first-order chi connectivity index (χ1) is 10.9. The Bertz CT molecular complexity index is 622. The van der Waals surface area contributed by atoms with Crippen LogP contribution in [0.4, 0.5) is 8.78 Å². The highest BCUT2D eigenvalue weighted by molar-refractivity contribution is 7.89. The van der Waals surface area contributed by atoms with Gasteiger partial charge in [-0.3, -0.25) is 4.68 Å². The number of nitrogens with zero attached hydrogens (tertiary/aromatic N) is 3. The molecule has 0 spiro atoms. The average molecular weight is 348 g/mol. The molecule has 9 heteroatoms. The highest BCUT2D eigenvalue weighted by atomic mass is 32.2. The molecule has 6 nitrogen and oxygen atoms in total. The van der Waals surface area contributed by atoms with E-state index < -0.39 is 23.0 Å². The second-order valence-corrected chi connectivity index (χ2v) is 8.26. The number of piperidine rings is 1. The van der Waals surface area contributed by atoms with Gasteiger partial charge >= 0.3 is 0 Å². The van der Waals surface area contributed by atoms with Crippen LogP contribution < -0.4 is 5.32 Å². The van der Waals surface area contributed by atoms with Gasteiger partial charge in [0, 0.05) is 25.3 Å². The van der Waals surface area contributed by atoms with Gasteiger partial charge in [-0.25, -0.2) is 17.2 Å². The van der Waals surface area contributed by atoms with Gasteiger partial charge in [0.15, 0.2) is 0 Å². The molecule has 2 heterocycles. The summed E-state index contributed by atoms with van der Waals surface area (Å²) in [6.07, 6.45) is 3.91. The standard InChI is InChI=1S/C14H22F2N4O2S/c15-14(16)10-19-9-13(8-18-19)23(21,22)20-5-3-12(4-6-20)17-7-11-1-2-11/h8-9,11-12,14,17H,1-7,10H2. The zero-order chi connectivity index (χ0) is 16.4. The molecule has 1 aliphatic carbocycles. The predicted molar refractivity (Wildman–Crippen MR) is 80.7 cm³/mol. The molecule has 0 unspecified atom stereocenters. The fourth-order valence-electron chi connectivity index (χ4n) is 2.82. The molecule has 0 aromatic carbocycles. The molecule has 0 bridgehead atoms. The van der Waals surface area contributed by atoms with Crippen molar-refractivity contribution < 1.29 is 17.2 Å². The van der Waals surface area contributed by atoms with Crippen molar-refractivity contribution >= 4 is 10.0 Å². The zero-order valence-electron chi connectivity index (χ0n) is 12.9. The first-order valence-electron chi connectivity index (χ1n) is 7.99. The molecule has 23 heavy (non-hydrogen) atoms. The van der Waals surface area contributed by atoms with Crippen molar-refractivity contribution in [3.63, 3.8) is 0 Å². The second kappa shape index (κ2) is 6.82. The summed E-state index contributed by atoms with van der Waals surface area (Å²) in [4.78, 5) is -0.0115. The van der Waals surface area contributed by atoms with E-state index in [0.717, 1.165) is 36.2 Å². The molecular weight excluding hydrogens is 326 g/mol. The average Bonchev–Trinajstić information content (AvgIpc) is 3.22. The van der Waals surface area contributed by atoms with Crippen LogP contribution in [0.1, 0.15) is 25.7 Å². The van der Waals surface area contributed by atoms with E-state index in [-0.39, 0.29) is 4.90 Å². The first-order valence-corrected chi connectivity index (χ1v) is 9.43. The number of nitrogens with one attached hydrogen (secondary N) is 1. The van der Waals surface area contributed by atoms with E-state index in [4.69, 9.17) is 0 Å². The lowest BCUT2D eigenvalue weighted by Crippen LogP contribution is -2.45. The number of aromatic nitrogens is 2. The third-order valence-corrected chi connectivity index (χ3v) is 6.27. The van der Waals surface area contributed by atoms with Gasteiger partial charge < -0.3 is 5.32 Å². The van der Waals surface area contributed by atoms with E-state index >= 15 is 0 Å². The van der Waals surface area contributed by atoms with E-state index in [1.165, 1.54) is 23.3 Å². The van der Waals surface area contributed by atoms with Gasteiger partial charge in [0.05, 0.1) is 6.20 Å². The van der Waals surface area contributed by atoms with Crippen molar-refractivity contribution in [1.82, 2.24) is 19.4 Å². The number of sulfonamides is 1. The van der Waals surface area contributed by atoms with Crippen molar-refractivity contribution in [3.05, 3.63) is 12.4 Å². The molecule has 1 aromatic heterocycles. The van der Waals surface area contributed by atoms with E-state index in [0.29, 0.717) is 19.1 Å². The van der Waals surface area contributed by atoms with E-state index in [1.54, 1.807) is 0 Å². The maximum atomic E-state index is 12.5. The van der Waals surface area contributed by atoms with Gasteiger partial charge in [0.2, 0.25) is 10.0 Å². The quantitative estimate of drug-likeness (QED) is 0.807. The van der Waals surface area contributed by atoms with Gasteiger partial charge in [-0.15, -0.1) is 0 Å². The Labute approximate surface area is 134 Å². The fraction of sp³-hybridized carbons (Fsp3) is 0.786. The molecule has 0 amide bonds. The van der Waals surface area contributed by atoms with E-state index in [1.807, 2.05) is 0 Å². The molecule has 1 aliphatic heterocycles. The molecule has 3 rings (SSSR count). The Morgan fingerprint density at radius 3 is 2.57 bits per heavy atom. The van der Waals surface area contributed by atoms with Crippen LogP contribution in [0.5, 0.6) is 0 Å². The third kappa shape index (κ3) is 4.27. The Balaban J connectivity index is 1.56. The summed E-state index contributed by atoms with van der Waals surface area (Å²) in [5.41, 5.74) is 0. The molecular formula is C14H22F2N4O2S. The van der Waals surface area contributed by atoms with Crippen molar-refractivity contribution in [2.75, 3.05) is 19.6 Å². The van der Waals surface area contributed by atoms with Crippen molar-refractivity contribution in [2.24, 2.45) is 5.92 Å². The summed E-state index contributed by atoms with van der Waals surface area (Å²) in [5, 5.41) is 7.21. The first kappa shape index (κ1) is 16.8. The zero-order valence-corrected chi connectivity index (χ0v) is 13.7. The van der Waals surface area contributed by atoms with E-state index in [9.17, 15) is 17.2 Å². The summed E-state index contributed by atoms with van der Waals surface area (Å²) in [6, 6.07) is 0.364. The van der Waals surface area contributed by atoms with Gasteiger partial charge in [-0.05, 0) is 38.1 Å². The fourth-order valence-corrected chi connectivity index (χ4v) is 4.25. The summed E-state index contributed by atoms with van der Waals surface area (Å²) >= 11 is 0. The maximum absolute atomic E-state index is 12.5. The molecule has 130 valence electrons. The van der Waals surface area contributed by atoms with Crippen LogP contribution in [0.25, 0.3) is 0 Å². The van der Waals surface area contributed by atoms with Crippen LogP contribution in [0.2, 0.25) is 0 Å². The van der Waals surface area contributed by atoms with E-state index in [2.05, 4.69) is 10.4 Å². The minimum atomic E-state index is -3.64. The highest BCUT2D eigenvalue weighted by Crippen LogP contribution is 2.28. The SMILES string of the molecule is O=S(=O)(c1cnn(CC(F)F)c1)N1CCC(NCC2CC2)CC1. The van der Waals surface area contributed by atoms with Crippen molar-refractivity contribution in [1.29, 1.82) is 0 Å². The van der Waals surface area contributed by atoms with Crippen molar-refractivity contribution in [3.8, 4) is 0 Å². The lowest BCUT2D eigenvalue weighted by atomic mass is 10.1. The topological polar surface area (TPSA) is 67.2 Å². The predicted octanol–water partition coefficient (Wildman–Crippen LogP) is 1.30. The highest BCUT2D eigenvalue weighted by Gasteiger charge is 2.31. The normalized spacial score (nSPS) is 21.2. The lowest BCUT2D eigenvalue weighted by Gasteiger charge is -2.31. The number of hydrogen-bond acceptors (Lipinski definition) is 4. The number of hydrogen-bond donors (Lipinski definition) is 1. The van der Waals surface area contributed by atoms with Gasteiger partial charge in [-0.1, -0.05) is 0 Å². The smallest absolute Gasteiger partial charge is 0.257 e. The van der Waals surface area contributed by atoms with Crippen LogP contribution in [-0.2, 0) is 16.6 Å². The summed E-state index contributed by atoms with van der Waals surface area (Å²) in [6.45, 7) is 1.33. The molecule has 1 saturated heterocycles.